The summed E-state index contributed by atoms with van der Waals surface area (Å²) in [6.07, 6.45) is -0.497. The molecule has 0 heterocycles. The number of benzene rings is 1. The molecule has 0 bridgehead atoms. The van der Waals surface area contributed by atoms with Gasteiger partial charge in [0.05, 0.1) is 0 Å². The third kappa shape index (κ3) is 6.93. The fraction of sp³-hybridized carbons (Fsp3) is 0.647. The highest BCUT2D eigenvalue weighted by molar-refractivity contribution is 5.31. The van der Waals surface area contributed by atoms with Crippen LogP contribution in [0, 0.1) is 6.92 Å². The van der Waals surface area contributed by atoms with Crippen molar-refractivity contribution in [2.45, 2.75) is 39.8 Å². The van der Waals surface area contributed by atoms with E-state index in [9.17, 15) is 5.11 Å². The lowest BCUT2D eigenvalue weighted by Gasteiger charge is -2.24. The van der Waals surface area contributed by atoms with Crippen molar-refractivity contribution in [3.05, 3.63) is 29.8 Å². The summed E-state index contributed by atoms with van der Waals surface area (Å²) < 4.78 is 5.65. The van der Waals surface area contributed by atoms with Crippen molar-refractivity contribution in [2.75, 3.05) is 32.8 Å². The molecule has 21 heavy (non-hydrogen) atoms. The van der Waals surface area contributed by atoms with E-state index >= 15 is 0 Å². The molecule has 4 nitrogen and oxygen atoms in total. The van der Waals surface area contributed by atoms with Gasteiger partial charge in [-0.15, -0.1) is 0 Å². The van der Waals surface area contributed by atoms with Gasteiger partial charge in [0.25, 0.3) is 0 Å². The topological polar surface area (TPSA) is 44.7 Å². The van der Waals surface area contributed by atoms with Gasteiger partial charge in [0, 0.05) is 19.1 Å². The van der Waals surface area contributed by atoms with Crippen molar-refractivity contribution < 1.29 is 9.84 Å². The molecule has 0 aromatic heterocycles. The van der Waals surface area contributed by atoms with Gasteiger partial charge in [-0.3, -0.25) is 0 Å². The average Bonchev–Trinajstić information content (AvgIpc) is 2.49. The molecule has 2 N–H and O–H groups in total. The molecule has 1 rings (SSSR count). The highest BCUT2D eigenvalue weighted by Gasteiger charge is 2.10. The van der Waals surface area contributed by atoms with Gasteiger partial charge in [-0.25, -0.2) is 0 Å². The molecule has 0 spiro atoms. The number of para-hydroxylation sites is 1. The molecule has 4 heteroatoms. The Bertz CT molecular complexity index is 394. The van der Waals surface area contributed by atoms with E-state index in [4.69, 9.17) is 4.74 Å². The number of aliphatic hydroxyl groups excluding tert-OH is 1. The number of ether oxygens (including phenoxy) is 1. The van der Waals surface area contributed by atoms with Crippen molar-refractivity contribution in [1.29, 1.82) is 0 Å². The van der Waals surface area contributed by atoms with Gasteiger partial charge in [-0.2, -0.15) is 0 Å². The molecule has 2 atom stereocenters. The van der Waals surface area contributed by atoms with E-state index < -0.39 is 6.10 Å². The predicted octanol–water partition coefficient (Wildman–Crippen LogP) is 2.05. The number of hydrogen-bond acceptors (Lipinski definition) is 4. The van der Waals surface area contributed by atoms with Crippen LogP contribution in [-0.4, -0.2) is 54.9 Å². The highest BCUT2D eigenvalue weighted by Crippen LogP contribution is 2.16. The lowest BCUT2D eigenvalue weighted by atomic mass is 10.2. The second-order valence-electron chi connectivity index (χ2n) is 5.53. The third-order valence-corrected chi connectivity index (χ3v) is 3.65. The molecular formula is C17H30N2O2. The first kappa shape index (κ1) is 18.0. The molecule has 2 unspecified atom stereocenters. The van der Waals surface area contributed by atoms with Crippen molar-refractivity contribution in [1.82, 2.24) is 10.2 Å². The average molecular weight is 294 g/mol. The molecular weight excluding hydrogens is 264 g/mol. The van der Waals surface area contributed by atoms with Gasteiger partial charge < -0.3 is 20.1 Å². The number of nitrogens with one attached hydrogen (secondary N) is 1. The van der Waals surface area contributed by atoms with Gasteiger partial charge in [-0.1, -0.05) is 32.0 Å². The normalized spacial score (nSPS) is 14.2. The number of aliphatic hydroxyl groups is 1. The summed E-state index contributed by atoms with van der Waals surface area (Å²) in [6, 6.07) is 8.22. The quantitative estimate of drug-likeness (QED) is 0.693. The van der Waals surface area contributed by atoms with Gasteiger partial charge >= 0.3 is 0 Å². The van der Waals surface area contributed by atoms with Gasteiger partial charge in [-0.05, 0) is 38.6 Å². The molecule has 0 aliphatic rings. The predicted molar refractivity (Wildman–Crippen MR) is 87.9 cm³/mol. The minimum atomic E-state index is -0.497. The summed E-state index contributed by atoms with van der Waals surface area (Å²) in [4.78, 5) is 2.37. The lowest BCUT2D eigenvalue weighted by molar-refractivity contribution is 0.102. The third-order valence-electron chi connectivity index (χ3n) is 3.65. The van der Waals surface area contributed by atoms with Gasteiger partial charge in [0.15, 0.2) is 0 Å². The Morgan fingerprint density at radius 2 is 1.90 bits per heavy atom. The first-order valence-electron chi connectivity index (χ1n) is 7.89. The zero-order valence-electron chi connectivity index (χ0n) is 13.8. The van der Waals surface area contributed by atoms with Crippen molar-refractivity contribution >= 4 is 0 Å². The maximum atomic E-state index is 10.00. The van der Waals surface area contributed by atoms with Crippen LogP contribution in [0.5, 0.6) is 5.75 Å². The van der Waals surface area contributed by atoms with Crippen LogP contribution in [0.15, 0.2) is 24.3 Å². The summed E-state index contributed by atoms with van der Waals surface area (Å²) in [7, 11) is 0. The van der Waals surface area contributed by atoms with Crippen LogP contribution in [0.25, 0.3) is 0 Å². The number of nitrogens with zero attached hydrogens (tertiary/aromatic N) is 1. The van der Waals surface area contributed by atoms with E-state index in [0.717, 1.165) is 30.9 Å². The van der Waals surface area contributed by atoms with E-state index in [2.05, 4.69) is 31.0 Å². The number of rotatable bonds is 10. The fourth-order valence-electron chi connectivity index (χ4n) is 2.23. The number of likely N-dealkylation sites (N-methyl/N-ethyl adjacent to an activating group) is 1. The molecule has 1 aromatic rings. The van der Waals surface area contributed by atoms with E-state index in [0.29, 0.717) is 19.2 Å². The molecule has 0 fully saturated rings. The molecule has 0 saturated carbocycles. The maximum absolute atomic E-state index is 10.00. The van der Waals surface area contributed by atoms with E-state index in [1.807, 2.05) is 31.2 Å². The smallest absolute Gasteiger partial charge is 0.122 e. The Labute approximate surface area is 129 Å². The zero-order chi connectivity index (χ0) is 15.7. The molecule has 0 aliphatic heterocycles. The number of hydrogen-bond donors (Lipinski definition) is 2. The Kier molecular flexibility index (Phi) is 8.35. The summed E-state index contributed by atoms with van der Waals surface area (Å²) in [5.74, 6) is 0.840. The Hall–Kier alpha value is -1.10. The monoisotopic (exact) mass is 294 g/mol. The second kappa shape index (κ2) is 9.77. The molecule has 0 saturated heterocycles. The van der Waals surface area contributed by atoms with Crippen LogP contribution in [0.1, 0.15) is 26.3 Å². The zero-order valence-corrected chi connectivity index (χ0v) is 13.8. The van der Waals surface area contributed by atoms with Crippen LogP contribution in [0.3, 0.4) is 0 Å². The van der Waals surface area contributed by atoms with Crippen LogP contribution >= 0.6 is 0 Å². The largest absolute Gasteiger partial charge is 0.491 e. The minimum Gasteiger partial charge on any atom is -0.491 e. The highest BCUT2D eigenvalue weighted by atomic mass is 16.5. The second-order valence-corrected chi connectivity index (χ2v) is 5.53. The molecule has 0 amide bonds. The Morgan fingerprint density at radius 1 is 1.24 bits per heavy atom. The van der Waals surface area contributed by atoms with Crippen LogP contribution in [0.2, 0.25) is 0 Å². The molecule has 1 aromatic carbocycles. The first-order chi connectivity index (χ1) is 10.1. The van der Waals surface area contributed by atoms with Crippen LogP contribution in [-0.2, 0) is 0 Å². The maximum Gasteiger partial charge on any atom is 0.122 e. The SMILES string of the molecule is CCN(CC)CC(C)NCC(O)COc1ccccc1C. The van der Waals surface area contributed by atoms with Crippen LogP contribution in [0.4, 0.5) is 0 Å². The van der Waals surface area contributed by atoms with Gasteiger partial charge in [0.1, 0.15) is 18.5 Å². The van der Waals surface area contributed by atoms with Crippen LogP contribution < -0.4 is 10.1 Å². The molecule has 120 valence electrons. The van der Waals surface area contributed by atoms with E-state index in [1.54, 1.807) is 0 Å². The van der Waals surface area contributed by atoms with E-state index in [-0.39, 0.29) is 0 Å². The van der Waals surface area contributed by atoms with Crippen molar-refractivity contribution in [3.8, 4) is 5.75 Å². The summed E-state index contributed by atoms with van der Waals surface area (Å²) >= 11 is 0. The summed E-state index contributed by atoms with van der Waals surface area (Å²) in [6.45, 7) is 12.5. The molecule has 0 radical (unpaired) electrons. The standard InChI is InChI=1S/C17H30N2O2/c1-5-19(6-2)12-15(4)18-11-16(20)13-21-17-10-8-7-9-14(17)3/h7-10,15-16,18,20H,5-6,11-13H2,1-4H3. The van der Waals surface area contributed by atoms with Gasteiger partial charge in [0.2, 0.25) is 0 Å². The Morgan fingerprint density at radius 3 is 2.52 bits per heavy atom. The summed E-state index contributed by atoms with van der Waals surface area (Å²) in [5.41, 5.74) is 1.09. The van der Waals surface area contributed by atoms with Crippen molar-refractivity contribution in [2.24, 2.45) is 0 Å². The van der Waals surface area contributed by atoms with E-state index in [1.165, 1.54) is 0 Å². The lowest BCUT2D eigenvalue weighted by Crippen LogP contribution is -2.43. The first-order valence-corrected chi connectivity index (χ1v) is 7.89. The minimum absolute atomic E-state index is 0.315. The van der Waals surface area contributed by atoms with Crippen molar-refractivity contribution in [3.63, 3.8) is 0 Å². The Balaban J connectivity index is 2.25. The fourth-order valence-corrected chi connectivity index (χ4v) is 2.23. The number of aryl methyl sites for hydroxylation is 1. The summed E-state index contributed by atoms with van der Waals surface area (Å²) in [5, 5.41) is 13.4. The molecule has 0 aliphatic carbocycles.